The number of carbonyl (C=O) groups excluding carboxylic acids is 2. The number of anilines is 2. The number of rotatable bonds is 6. The third-order valence-electron chi connectivity index (χ3n) is 2.72. The Morgan fingerprint density at radius 2 is 1.90 bits per heavy atom. The van der Waals surface area contributed by atoms with E-state index in [0.29, 0.717) is 25.4 Å². The smallest absolute Gasteiger partial charge is 0.319 e. The van der Waals surface area contributed by atoms with Crippen LogP contribution in [-0.4, -0.2) is 38.7 Å². The molecule has 2 N–H and O–H groups in total. The molecule has 0 heterocycles. The summed E-state index contributed by atoms with van der Waals surface area (Å²) >= 11 is 0. The highest BCUT2D eigenvalue weighted by Crippen LogP contribution is 2.16. The molecule has 0 fully saturated rings. The van der Waals surface area contributed by atoms with Gasteiger partial charge in [0, 0.05) is 38.5 Å². The molecular weight excluding hydrogens is 258 g/mol. The van der Waals surface area contributed by atoms with E-state index in [9.17, 15) is 9.59 Å². The predicted molar refractivity (Wildman–Crippen MR) is 79.0 cm³/mol. The van der Waals surface area contributed by atoms with Crippen LogP contribution in [0.15, 0.2) is 24.3 Å². The molecule has 0 aliphatic rings. The highest BCUT2D eigenvalue weighted by Gasteiger charge is 2.06. The van der Waals surface area contributed by atoms with E-state index in [-0.39, 0.29) is 11.9 Å². The SMILES string of the molecule is CCOCCNC(=O)Nc1ccc(N(C)C(C)=O)cc1. The van der Waals surface area contributed by atoms with Crippen molar-refractivity contribution in [3.8, 4) is 0 Å². The topological polar surface area (TPSA) is 70.7 Å². The van der Waals surface area contributed by atoms with Gasteiger partial charge in [0.1, 0.15) is 0 Å². The van der Waals surface area contributed by atoms with Crippen LogP contribution in [0.5, 0.6) is 0 Å². The maximum Gasteiger partial charge on any atom is 0.319 e. The van der Waals surface area contributed by atoms with E-state index in [0.717, 1.165) is 5.69 Å². The van der Waals surface area contributed by atoms with E-state index < -0.39 is 0 Å². The average Bonchev–Trinajstić information content (AvgIpc) is 2.43. The second-order valence-corrected chi connectivity index (χ2v) is 4.20. The molecule has 0 aliphatic carbocycles. The molecule has 20 heavy (non-hydrogen) atoms. The van der Waals surface area contributed by atoms with Crippen molar-refractivity contribution >= 4 is 23.3 Å². The van der Waals surface area contributed by atoms with Crippen molar-refractivity contribution in [3.63, 3.8) is 0 Å². The van der Waals surface area contributed by atoms with Gasteiger partial charge < -0.3 is 20.3 Å². The van der Waals surface area contributed by atoms with Gasteiger partial charge in [0.25, 0.3) is 0 Å². The van der Waals surface area contributed by atoms with Gasteiger partial charge in [-0.25, -0.2) is 4.79 Å². The van der Waals surface area contributed by atoms with Gasteiger partial charge >= 0.3 is 6.03 Å². The lowest BCUT2D eigenvalue weighted by atomic mass is 10.2. The monoisotopic (exact) mass is 279 g/mol. The summed E-state index contributed by atoms with van der Waals surface area (Å²) in [6, 6.07) is 6.76. The summed E-state index contributed by atoms with van der Waals surface area (Å²) in [6.45, 7) is 4.99. The number of ether oxygens (including phenoxy) is 1. The van der Waals surface area contributed by atoms with Gasteiger partial charge in [-0.3, -0.25) is 4.79 Å². The molecule has 1 rings (SSSR count). The summed E-state index contributed by atoms with van der Waals surface area (Å²) in [5.41, 5.74) is 1.44. The molecule has 0 saturated carbocycles. The van der Waals surface area contributed by atoms with Crippen LogP contribution in [0.1, 0.15) is 13.8 Å². The van der Waals surface area contributed by atoms with Crippen molar-refractivity contribution in [1.29, 1.82) is 0 Å². The fourth-order valence-electron chi connectivity index (χ4n) is 1.51. The van der Waals surface area contributed by atoms with E-state index in [1.807, 2.05) is 6.92 Å². The summed E-state index contributed by atoms with van der Waals surface area (Å²) in [5, 5.41) is 5.39. The Labute approximate surface area is 119 Å². The van der Waals surface area contributed by atoms with Crippen molar-refractivity contribution < 1.29 is 14.3 Å². The summed E-state index contributed by atoms with van der Waals surface area (Å²) < 4.78 is 5.12. The Hall–Kier alpha value is -2.08. The molecule has 0 atom stereocenters. The molecule has 6 nitrogen and oxygen atoms in total. The Bertz CT molecular complexity index is 445. The highest BCUT2D eigenvalue weighted by atomic mass is 16.5. The van der Waals surface area contributed by atoms with Crippen LogP contribution in [0.3, 0.4) is 0 Å². The fraction of sp³-hybridized carbons (Fsp3) is 0.429. The zero-order valence-corrected chi connectivity index (χ0v) is 12.1. The van der Waals surface area contributed by atoms with Gasteiger partial charge in [0.15, 0.2) is 0 Å². The predicted octanol–water partition coefficient (Wildman–Crippen LogP) is 1.83. The molecule has 3 amide bonds. The Balaban J connectivity index is 2.45. The maximum atomic E-state index is 11.6. The normalized spacial score (nSPS) is 9.95. The lowest BCUT2D eigenvalue weighted by molar-refractivity contribution is -0.116. The first kappa shape index (κ1) is 16.0. The number of carbonyl (C=O) groups is 2. The average molecular weight is 279 g/mol. The zero-order chi connectivity index (χ0) is 15.0. The molecule has 6 heteroatoms. The van der Waals surface area contributed by atoms with Crippen LogP contribution in [0.25, 0.3) is 0 Å². The van der Waals surface area contributed by atoms with Crippen LogP contribution in [0, 0.1) is 0 Å². The fourth-order valence-corrected chi connectivity index (χ4v) is 1.51. The van der Waals surface area contributed by atoms with E-state index in [4.69, 9.17) is 4.74 Å². The quantitative estimate of drug-likeness (QED) is 0.780. The molecule has 0 saturated heterocycles. The van der Waals surface area contributed by atoms with Gasteiger partial charge in [0.2, 0.25) is 5.91 Å². The van der Waals surface area contributed by atoms with Crippen LogP contribution < -0.4 is 15.5 Å². The number of nitrogens with zero attached hydrogens (tertiary/aromatic N) is 1. The first-order valence-corrected chi connectivity index (χ1v) is 6.51. The molecular formula is C14H21N3O3. The Morgan fingerprint density at radius 1 is 1.25 bits per heavy atom. The number of hydrogen-bond donors (Lipinski definition) is 2. The molecule has 0 bridgehead atoms. The van der Waals surface area contributed by atoms with E-state index >= 15 is 0 Å². The summed E-state index contributed by atoms with van der Waals surface area (Å²) in [4.78, 5) is 24.3. The standard InChI is InChI=1S/C14H21N3O3/c1-4-20-10-9-15-14(19)16-12-5-7-13(8-6-12)17(3)11(2)18/h5-8H,4,9-10H2,1-3H3,(H2,15,16,19). The number of hydrogen-bond acceptors (Lipinski definition) is 3. The first-order chi connectivity index (χ1) is 9.54. The zero-order valence-electron chi connectivity index (χ0n) is 12.1. The molecule has 0 spiro atoms. The molecule has 1 aromatic carbocycles. The second-order valence-electron chi connectivity index (χ2n) is 4.20. The van der Waals surface area contributed by atoms with Gasteiger partial charge in [-0.15, -0.1) is 0 Å². The summed E-state index contributed by atoms with van der Waals surface area (Å²) in [5.74, 6) is -0.0422. The van der Waals surface area contributed by atoms with Crippen molar-refractivity contribution in [1.82, 2.24) is 5.32 Å². The molecule has 110 valence electrons. The molecule has 1 aromatic rings. The number of urea groups is 1. The van der Waals surface area contributed by atoms with Gasteiger partial charge in [-0.2, -0.15) is 0 Å². The van der Waals surface area contributed by atoms with Gasteiger partial charge in [-0.05, 0) is 31.2 Å². The lowest BCUT2D eigenvalue weighted by Gasteiger charge is -2.15. The minimum Gasteiger partial charge on any atom is -0.380 e. The number of amides is 3. The maximum absolute atomic E-state index is 11.6. The van der Waals surface area contributed by atoms with Gasteiger partial charge in [-0.1, -0.05) is 0 Å². The van der Waals surface area contributed by atoms with Crippen molar-refractivity contribution in [2.24, 2.45) is 0 Å². The minimum absolute atomic E-state index is 0.0422. The summed E-state index contributed by atoms with van der Waals surface area (Å²) in [7, 11) is 1.70. The van der Waals surface area contributed by atoms with Crippen LogP contribution in [0.4, 0.5) is 16.2 Å². The van der Waals surface area contributed by atoms with Gasteiger partial charge in [0.05, 0.1) is 6.61 Å². The van der Waals surface area contributed by atoms with E-state index in [1.165, 1.54) is 11.8 Å². The minimum atomic E-state index is -0.280. The largest absolute Gasteiger partial charge is 0.380 e. The third-order valence-corrected chi connectivity index (χ3v) is 2.72. The van der Waals surface area contributed by atoms with Crippen molar-refractivity contribution in [2.45, 2.75) is 13.8 Å². The van der Waals surface area contributed by atoms with Crippen LogP contribution >= 0.6 is 0 Å². The third kappa shape index (κ3) is 5.27. The molecule has 0 unspecified atom stereocenters. The molecule has 0 radical (unpaired) electrons. The number of benzene rings is 1. The van der Waals surface area contributed by atoms with Crippen LogP contribution in [-0.2, 0) is 9.53 Å². The van der Waals surface area contributed by atoms with Crippen molar-refractivity contribution in [3.05, 3.63) is 24.3 Å². The molecule has 0 aromatic heterocycles. The van der Waals surface area contributed by atoms with Crippen molar-refractivity contribution in [2.75, 3.05) is 37.0 Å². The van der Waals surface area contributed by atoms with E-state index in [2.05, 4.69) is 10.6 Å². The van der Waals surface area contributed by atoms with E-state index in [1.54, 1.807) is 31.3 Å². The lowest BCUT2D eigenvalue weighted by Crippen LogP contribution is -2.31. The second kappa shape index (κ2) is 8.16. The first-order valence-electron chi connectivity index (χ1n) is 6.51. The highest BCUT2D eigenvalue weighted by molar-refractivity contribution is 5.92. The number of nitrogens with one attached hydrogen (secondary N) is 2. The van der Waals surface area contributed by atoms with Crippen LogP contribution in [0.2, 0.25) is 0 Å². The Kier molecular flexibility index (Phi) is 6.52. The Morgan fingerprint density at radius 3 is 2.45 bits per heavy atom. The molecule has 0 aliphatic heterocycles. The summed E-state index contributed by atoms with van der Waals surface area (Å²) in [6.07, 6.45) is 0.